The lowest BCUT2D eigenvalue weighted by molar-refractivity contribution is -0.384. The van der Waals surface area contributed by atoms with Crippen LogP contribution in [0.25, 0.3) is 22.3 Å². The lowest BCUT2D eigenvalue weighted by atomic mass is 10.2. The summed E-state index contributed by atoms with van der Waals surface area (Å²) in [6.07, 6.45) is 0. The molecule has 6 heteroatoms. The molecule has 0 saturated carbocycles. The van der Waals surface area contributed by atoms with Crippen LogP contribution in [0.5, 0.6) is 5.88 Å². The SMILES string of the molecule is O=[N+]([O-])c1ccc(COc2nc(-c3ccccc3)nc3ccccc23)cc1. The molecule has 0 fully saturated rings. The summed E-state index contributed by atoms with van der Waals surface area (Å²) in [5, 5.41) is 11.6. The molecule has 0 radical (unpaired) electrons. The summed E-state index contributed by atoms with van der Waals surface area (Å²) in [6.45, 7) is 0.257. The van der Waals surface area contributed by atoms with E-state index in [-0.39, 0.29) is 12.3 Å². The van der Waals surface area contributed by atoms with Crippen LogP contribution in [0.3, 0.4) is 0 Å². The zero-order valence-electron chi connectivity index (χ0n) is 14.3. The van der Waals surface area contributed by atoms with Gasteiger partial charge in [-0.25, -0.2) is 4.98 Å². The Labute approximate surface area is 155 Å². The van der Waals surface area contributed by atoms with Crippen molar-refractivity contribution in [3.05, 3.63) is 94.5 Å². The van der Waals surface area contributed by atoms with Crippen molar-refractivity contribution in [3.8, 4) is 17.3 Å². The molecule has 0 saturated heterocycles. The third-order valence-corrected chi connectivity index (χ3v) is 4.12. The number of ether oxygens (including phenoxy) is 1. The monoisotopic (exact) mass is 357 g/mol. The Kier molecular flexibility index (Phi) is 4.45. The van der Waals surface area contributed by atoms with E-state index in [0.717, 1.165) is 22.0 Å². The Bertz CT molecular complexity index is 1100. The van der Waals surface area contributed by atoms with Gasteiger partial charge in [0, 0.05) is 17.7 Å². The van der Waals surface area contributed by atoms with Gasteiger partial charge in [-0.2, -0.15) is 4.98 Å². The number of hydrogen-bond acceptors (Lipinski definition) is 5. The summed E-state index contributed by atoms with van der Waals surface area (Å²) >= 11 is 0. The van der Waals surface area contributed by atoms with E-state index in [1.807, 2.05) is 54.6 Å². The summed E-state index contributed by atoms with van der Waals surface area (Å²) < 4.78 is 5.95. The third kappa shape index (κ3) is 3.59. The van der Waals surface area contributed by atoms with Crippen LogP contribution in [0.2, 0.25) is 0 Å². The molecule has 0 aliphatic heterocycles. The van der Waals surface area contributed by atoms with Crippen LogP contribution in [0.15, 0.2) is 78.9 Å². The van der Waals surface area contributed by atoms with Crippen molar-refractivity contribution in [2.75, 3.05) is 0 Å². The topological polar surface area (TPSA) is 78.2 Å². The van der Waals surface area contributed by atoms with Gasteiger partial charge in [0.2, 0.25) is 5.88 Å². The molecule has 4 rings (SSSR count). The summed E-state index contributed by atoms with van der Waals surface area (Å²) in [5.74, 6) is 1.07. The number of rotatable bonds is 5. The molecular weight excluding hydrogens is 342 g/mol. The first kappa shape index (κ1) is 16.7. The zero-order valence-corrected chi connectivity index (χ0v) is 14.3. The van der Waals surface area contributed by atoms with Crippen molar-refractivity contribution in [1.82, 2.24) is 9.97 Å². The van der Waals surface area contributed by atoms with Crippen LogP contribution in [0.1, 0.15) is 5.56 Å². The summed E-state index contributed by atoms with van der Waals surface area (Å²) in [4.78, 5) is 19.6. The Morgan fingerprint density at radius 3 is 2.30 bits per heavy atom. The molecule has 0 spiro atoms. The highest BCUT2D eigenvalue weighted by Crippen LogP contribution is 2.27. The number of nitro groups is 1. The van der Waals surface area contributed by atoms with Crippen LogP contribution >= 0.6 is 0 Å². The molecule has 6 nitrogen and oxygen atoms in total. The largest absolute Gasteiger partial charge is 0.472 e. The van der Waals surface area contributed by atoms with Crippen molar-refractivity contribution in [3.63, 3.8) is 0 Å². The van der Waals surface area contributed by atoms with E-state index in [9.17, 15) is 10.1 Å². The summed E-state index contributed by atoms with van der Waals surface area (Å²) in [5.41, 5.74) is 2.58. The predicted molar refractivity (Wildman–Crippen MR) is 102 cm³/mol. The lowest BCUT2D eigenvalue weighted by Gasteiger charge is -2.10. The first-order valence-corrected chi connectivity index (χ1v) is 8.39. The second-order valence-electron chi connectivity index (χ2n) is 5.95. The Morgan fingerprint density at radius 1 is 0.852 bits per heavy atom. The number of nitro benzene ring substituents is 1. The summed E-state index contributed by atoms with van der Waals surface area (Å²) in [6, 6.07) is 23.7. The number of aromatic nitrogens is 2. The van der Waals surface area contributed by atoms with Crippen LogP contribution < -0.4 is 4.74 Å². The molecule has 0 amide bonds. The normalized spacial score (nSPS) is 10.7. The second kappa shape index (κ2) is 7.21. The number of nitrogens with zero attached hydrogens (tertiary/aromatic N) is 3. The molecule has 132 valence electrons. The number of fused-ring (bicyclic) bond motifs is 1. The van der Waals surface area contributed by atoms with E-state index in [4.69, 9.17) is 4.74 Å². The molecule has 4 aromatic rings. The highest BCUT2D eigenvalue weighted by atomic mass is 16.6. The van der Waals surface area contributed by atoms with Crippen LogP contribution in [-0.2, 0) is 6.61 Å². The van der Waals surface area contributed by atoms with Gasteiger partial charge in [0.05, 0.1) is 15.8 Å². The van der Waals surface area contributed by atoms with Gasteiger partial charge in [-0.1, -0.05) is 42.5 Å². The highest BCUT2D eigenvalue weighted by Gasteiger charge is 2.11. The van der Waals surface area contributed by atoms with Crippen molar-refractivity contribution in [2.45, 2.75) is 6.61 Å². The lowest BCUT2D eigenvalue weighted by Crippen LogP contribution is -2.01. The maximum Gasteiger partial charge on any atom is 0.269 e. The van der Waals surface area contributed by atoms with Gasteiger partial charge in [0.25, 0.3) is 5.69 Å². The van der Waals surface area contributed by atoms with E-state index >= 15 is 0 Å². The number of non-ortho nitro benzene ring substituents is 1. The fourth-order valence-electron chi connectivity index (χ4n) is 2.74. The van der Waals surface area contributed by atoms with Gasteiger partial charge in [0.1, 0.15) is 6.61 Å². The highest BCUT2D eigenvalue weighted by molar-refractivity contribution is 5.85. The average Bonchev–Trinajstić information content (AvgIpc) is 2.72. The van der Waals surface area contributed by atoms with E-state index in [1.165, 1.54) is 12.1 Å². The smallest absolute Gasteiger partial charge is 0.269 e. The quantitative estimate of drug-likeness (QED) is 0.379. The van der Waals surface area contributed by atoms with Gasteiger partial charge in [-0.3, -0.25) is 10.1 Å². The van der Waals surface area contributed by atoms with Crippen molar-refractivity contribution >= 4 is 16.6 Å². The molecular formula is C21H15N3O3. The molecule has 1 aromatic heterocycles. The third-order valence-electron chi connectivity index (χ3n) is 4.12. The minimum absolute atomic E-state index is 0.0533. The van der Waals surface area contributed by atoms with Gasteiger partial charge in [0.15, 0.2) is 5.82 Å². The van der Waals surface area contributed by atoms with Crippen molar-refractivity contribution in [2.24, 2.45) is 0 Å². The average molecular weight is 357 g/mol. The van der Waals surface area contributed by atoms with Gasteiger partial charge in [-0.05, 0) is 29.8 Å². The summed E-state index contributed by atoms with van der Waals surface area (Å²) in [7, 11) is 0. The Morgan fingerprint density at radius 2 is 1.56 bits per heavy atom. The fraction of sp³-hybridized carbons (Fsp3) is 0.0476. The van der Waals surface area contributed by atoms with Gasteiger partial charge >= 0.3 is 0 Å². The number of benzene rings is 3. The zero-order chi connectivity index (χ0) is 18.6. The first-order chi connectivity index (χ1) is 13.2. The van der Waals surface area contributed by atoms with E-state index in [1.54, 1.807) is 12.1 Å². The van der Waals surface area contributed by atoms with Gasteiger partial charge in [-0.15, -0.1) is 0 Å². The second-order valence-corrected chi connectivity index (χ2v) is 5.95. The van der Waals surface area contributed by atoms with E-state index in [2.05, 4.69) is 9.97 Å². The molecule has 3 aromatic carbocycles. The molecule has 0 aliphatic rings. The molecule has 0 unspecified atom stereocenters. The van der Waals surface area contributed by atoms with Crippen LogP contribution in [0, 0.1) is 10.1 Å². The Balaban J connectivity index is 1.66. The van der Waals surface area contributed by atoms with Gasteiger partial charge < -0.3 is 4.74 Å². The standard InChI is InChI=1S/C21H15N3O3/c25-24(26)17-12-10-15(11-13-17)14-27-21-18-8-4-5-9-19(18)22-20(23-21)16-6-2-1-3-7-16/h1-13H,14H2. The molecule has 0 aliphatic carbocycles. The maximum atomic E-state index is 10.8. The van der Waals surface area contributed by atoms with E-state index < -0.39 is 4.92 Å². The van der Waals surface area contributed by atoms with Crippen molar-refractivity contribution < 1.29 is 9.66 Å². The predicted octanol–water partition coefficient (Wildman–Crippen LogP) is 4.78. The molecule has 1 heterocycles. The molecule has 0 N–H and O–H groups in total. The van der Waals surface area contributed by atoms with Crippen molar-refractivity contribution in [1.29, 1.82) is 0 Å². The number of hydrogen-bond donors (Lipinski definition) is 0. The Hall–Kier alpha value is -3.80. The van der Waals surface area contributed by atoms with Crippen LogP contribution in [-0.4, -0.2) is 14.9 Å². The number of para-hydroxylation sites is 1. The maximum absolute atomic E-state index is 10.8. The fourth-order valence-corrected chi connectivity index (χ4v) is 2.74. The minimum atomic E-state index is -0.422. The molecule has 0 atom stereocenters. The molecule has 0 bridgehead atoms. The van der Waals surface area contributed by atoms with Crippen LogP contribution in [0.4, 0.5) is 5.69 Å². The van der Waals surface area contributed by atoms with E-state index in [0.29, 0.717) is 11.7 Å². The molecule has 27 heavy (non-hydrogen) atoms. The first-order valence-electron chi connectivity index (χ1n) is 8.39. The minimum Gasteiger partial charge on any atom is -0.472 e.